The third-order valence-corrected chi connectivity index (χ3v) is 11.1. The van der Waals surface area contributed by atoms with Gasteiger partial charge in [0.1, 0.15) is 22.9 Å². The number of aromatic amines is 1. The predicted molar refractivity (Wildman–Crippen MR) is 222 cm³/mol. The number of urea groups is 1. The van der Waals surface area contributed by atoms with Crippen molar-refractivity contribution in [1.82, 2.24) is 34.4 Å². The lowest BCUT2D eigenvalue weighted by molar-refractivity contribution is -0.120. The number of likely N-dealkylation sites (tertiary alicyclic amines) is 1. The van der Waals surface area contributed by atoms with Crippen LogP contribution in [-0.4, -0.2) is 90.4 Å². The highest BCUT2D eigenvalue weighted by atomic mass is 19.1. The molecule has 2 saturated carbocycles. The first-order valence-electron chi connectivity index (χ1n) is 20.8. The molecule has 0 spiro atoms. The van der Waals surface area contributed by atoms with Crippen LogP contribution in [0.3, 0.4) is 0 Å². The third-order valence-electron chi connectivity index (χ3n) is 11.1. The number of hydrogen-bond acceptors (Lipinski definition) is 9. The Kier molecular flexibility index (Phi) is 13.1. The quantitative estimate of drug-likeness (QED) is 0.144. The van der Waals surface area contributed by atoms with Crippen LogP contribution in [0.2, 0.25) is 0 Å². The molecular formula is C43H54FN9O6. The monoisotopic (exact) mass is 811 g/mol. The Hall–Kier alpha value is -5.61. The van der Waals surface area contributed by atoms with Gasteiger partial charge in [0, 0.05) is 75.3 Å². The molecule has 59 heavy (non-hydrogen) atoms. The topological polar surface area (TPSA) is 179 Å². The molecule has 2 saturated heterocycles. The summed E-state index contributed by atoms with van der Waals surface area (Å²) in [5.74, 6) is 0.0584. The van der Waals surface area contributed by atoms with Gasteiger partial charge in [0.15, 0.2) is 5.82 Å². The van der Waals surface area contributed by atoms with E-state index in [9.17, 15) is 24.3 Å². The molecule has 4 amide bonds. The van der Waals surface area contributed by atoms with Crippen LogP contribution < -0.4 is 25.8 Å². The highest BCUT2D eigenvalue weighted by Crippen LogP contribution is 2.36. The minimum Gasteiger partial charge on any atom is -0.490 e. The molecule has 2 aliphatic carbocycles. The van der Waals surface area contributed by atoms with E-state index in [0.717, 1.165) is 13.1 Å². The number of pyridine rings is 2. The highest BCUT2D eigenvalue weighted by Gasteiger charge is 2.34. The van der Waals surface area contributed by atoms with Gasteiger partial charge in [-0.25, -0.2) is 14.2 Å². The molecule has 5 aromatic rings. The van der Waals surface area contributed by atoms with Gasteiger partial charge >= 0.3 is 6.03 Å². The fourth-order valence-corrected chi connectivity index (χ4v) is 7.96. The van der Waals surface area contributed by atoms with Crippen LogP contribution in [0.1, 0.15) is 99.9 Å². The largest absolute Gasteiger partial charge is 0.490 e. The summed E-state index contributed by atoms with van der Waals surface area (Å²) in [4.78, 5) is 58.4. The van der Waals surface area contributed by atoms with E-state index in [2.05, 4.69) is 30.6 Å². The number of anilines is 2. The lowest BCUT2D eigenvalue weighted by Crippen LogP contribution is -2.49. The number of fused-ring (bicyclic) bond motifs is 2. The lowest BCUT2D eigenvalue weighted by Gasteiger charge is -2.38. The number of aryl methyl sites for hydroxylation is 1. The highest BCUT2D eigenvalue weighted by molar-refractivity contribution is 6.09. The Morgan fingerprint density at radius 1 is 1.05 bits per heavy atom. The second-order valence-electron chi connectivity index (χ2n) is 16.2. The van der Waals surface area contributed by atoms with E-state index >= 15 is 4.39 Å². The van der Waals surface area contributed by atoms with Crippen LogP contribution in [0, 0.1) is 11.7 Å². The van der Waals surface area contributed by atoms with E-state index in [1.165, 1.54) is 74.6 Å². The first-order chi connectivity index (χ1) is 28.4. The molecule has 2 aliphatic heterocycles. The summed E-state index contributed by atoms with van der Waals surface area (Å²) < 4.78 is 24.4. The third kappa shape index (κ3) is 10.2. The molecule has 0 bridgehead atoms. The number of carbonyl (C=O) groups is 3. The number of halogens is 1. The summed E-state index contributed by atoms with van der Waals surface area (Å²) in [6, 6.07) is 7.51. The van der Waals surface area contributed by atoms with Gasteiger partial charge in [-0.05, 0) is 75.4 Å². The number of benzene rings is 1. The standard InChI is InChI=1S/C24H32FN5O3.C16H16N4O3.C3H6/c1-28-20-12-17(16-7-9-29(14-21(16)31)13-15-5-3-2-4-6-15)19(25)11-18(20)23(27-28)30-10-8-22(32)26-24(30)33;1-10(2)23-13-8-14-17-6-7-20(14)9-11(13)15(21)19-12-4-3-5-18-16(12)22;1-2-3-1/h11-12,15-16,21,31H,2-10,13-14H2,1H3,(H,26,32,33);3-10H,1-2H3,(H,18,22)(H,19,21);1-3H2. The van der Waals surface area contributed by atoms with E-state index < -0.39 is 23.9 Å². The van der Waals surface area contributed by atoms with Crippen molar-refractivity contribution < 1.29 is 28.6 Å². The predicted octanol–water partition coefficient (Wildman–Crippen LogP) is 6.12. The Morgan fingerprint density at radius 3 is 2.51 bits per heavy atom. The molecule has 2 atom stereocenters. The van der Waals surface area contributed by atoms with Crippen molar-refractivity contribution in [3.8, 4) is 5.75 Å². The average Bonchev–Trinajstić information content (AvgIpc) is 3.97. The Balaban J connectivity index is 0.000000176. The molecule has 4 aliphatic rings. The number of hydrogen-bond donors (Lipinski definition) is 4. The number of imide groups is 1. The smallest absolute Gasteiger partial charge is 0.329 e. The number of aromatic nitrogens is 5. The van der Waals surface area contributed by atoms with Crippen LogP contribution in [0.15, 0.2) is 59.9 Å². The minimum atomic E-state index is -0.624. The molecule has 1 aromatic carbocycles. The summed E-state index contributed by atoms with van der Waals surface area (Å²) in [6.07, 6.45) is 17.6. The van der Waals surface area contributed by atoms with Gasteiger partial charge in [0.2, 0.25) is 5.91 Å². The zero-order valence-electron chi connectivity index (χ0n) is 34.0. The van der Waals surface area contributed by atoms with Gasteiger partial charge in [0.05, 0.1) is 23.3 Å². The van der Waals surface area contributed by atoms with Crippen molar-refractivity contribution in [2.75, 3.05) is 36.4 Å². The summed E-state index contributed by atoms with van der Waals surface area (Å²) in [6.45, 7) is 6.40. The number of aliphatic hydroxyl groups excluding tert-OH is 1. The van der Waals surface area contributed by atoms with Crippen molar-refractivity contribution in [2.24, 2.45) is 13.0 Å². The number of H-pyrrole nitrogens is 1. The van der Waals surface area contributed by atoms with Gasteiger partial charge in [-0.3, -0.25) is 29.3 Å². The van der Waals surface area contributed by atoms with E-state index in [4.69, 9.17) is 4.74 Å². The lowest BCUT2D eigenvalue weighted by atomic mass is 9.84. The minimum absolute atomic E-state index is 0.0981. The summed E-state index contributed by atoms with van der Waals surface area (Å²) in [5.41, 5.74) is 2.01. The summed E-state index contributed by atoms with van der Waals surface area (Å²) >= 11 is 0. The molecule has 4 N–H and O–H groups in total. The van der Waals surface area contributed by atoms with Crippen LogP contribution >= 0.6 is 0 Å². The zero-order chi connectivity index (χ0) is 41.6. The summed E-state index contributed by atoms with van der Waals surface area (Å²) in [7, 11) is 1.75. The normalized spacial score (nSPS) is 19.8. The number of nitrogens with zero attached hydrogens (tertiary/aromatic N) is 6. The average molecular weight is 812 g/mol. The van der Waals surface area contributed by atoms with Crippen LogP contribution in [0.4, 0.5) is 20.7 Å². The van der Waals surface area contributed by atoms with Gasteiger partial charge < -0.3 is 29.4 Å². The second-order valence-corrected chi connectivity index (χ2v) is 16.2. The van der Waals surface area contributed by atoms with Crippen molar-refractivity contribution in [3.63, 3.8) is 0 Å². The maximum Gasteiger partial charge on any atom is 0.329 e. The van der Waals surface area contributed by atoms with Crippen molar-refractivity contribution in [1.29, 1.82) is 0 Å². The Morgan fingerprint density at radius 2 is 1.81 bits per heavy atom. The van der Waals surface area contributed by atoms with Crippen molar-refractivity contribution in [2.45, 2.75) is 96.2 Å². The van der Waals surface area contributed by atoms with Gasteiger partial charge in [-0.2, -0.15) is 5.10 Å². The van der Waals surface area contributed by atoms with Crippen molar-refractivity contribution >= 4 is 45.9 Å². The molecule has 6 heterocycles. The van der Waals surface area contributed by atoms with Crippen LogP contribution in [0.5, 0.6) is 5.75 Å². The number of β-amino-alcohol motifs (C(OH)–C–C–N with tert-alkyl or cyclic N) is 1. The second kappa shape index (κ2) is 18.5. The zero-order valence-corrected chi connectivity index (χ0v) is 34.0. The number of amides is 4. The molecule has 15 nitrogen and oxygen atoms in total. The van der Waals surface area contributed by atoms with E-state index in [-0.39, 0.29) is 42.1 Å². The number of imidazole rings is 1. The van der Waals surface area contributed by atoms with Crippen LogP contribution in [0.25, 0.3) is 16.6 Å². The number of aliphatic hydroxyl groups is 1. The Labute approximate surface area is 341 Å². The number of piperidine rings is 1. The first-order valence-corrected chi connectivity index (χ1v) is 20.8. The number of carbonyl (C=O) groups excluding carboxylic acids is 3. The van der Waals surface area contributed by atoms with E-state index in [1.807, 2.05) is 13.8 Å². The fourth-order valence-electron chi connectivity index (χ4n) is 7.96. The molecular weight excluding hydrogens is 758 g/mol. The van der Waals surface area contributed by atoms with E-state index in [0.29, 0.717) is 58.1 Å². The molecule has 16 heteroatoms. The van der Waals surface area contributed by atoms with Crippen molar-refractivity contribution in [3.05, 3.63) is 82.4 Å². The SMILES string of the molecule is C1CC1.CC(C)Oc1cc2nccn2cc1C(=O)Nc1ccc[nH]c1=O.Cn1nc(N2CCC(=O)NC2=O)c2cc(F)c(C3CCN(CC4CCCCC4)CC3O)cc21. The maximum atomic E-state index is 15.3. The fraction of sp³-hybridized carbons (Fsp3) is 0.488. The Bertz CT molecular complexity index is 2340. The molecule has 9 rings (SSSR count). The van der Waals surface area contributed by atoms with Gasteiger partial charge in [-0.1, -0.05) is 38.5 Å². The molecule has 2 unspecified atom stereocenters. The molecule has 314 valence electrons. The number of nitrogens with one attached hydrogen (secondary N) is 3. The molecule has 4 fully saturated rings. The van der Waals surface area contributed by atoms with Gasteiger partial charge in [-0.15, -0.1) is 0 Å². The van der Waals surface area contributed by atoms with E-state index in [1.54, 1.807) is 52.9 Å². The number of ether oxygens (including phenoxy) is 1. The molecule has 4 aromatic heterocycles. The maximum absolute atomic E-state index is 15.3. The summed E-state index contributed by atoms with van der Waals surface area (Å²) in [5, 5.41) is 20.8. The van der Waals surface area contributed by atoms with Crippen LogP contribution in [-0.2, 0) is 11.8 Å². The van der Waals surface area contributed by atoms with Gasteiger partial charge in [0.25, 0.3) is 11.5 Å². The molecule has 0 radical (unpaired) electrons. The first kappa shape index (κ1) is 41.5. The number of rotatable bonds is 8.